The molecule has 0 bridgehead atoms. The predicted octanol–water partition coefficient (Wildman–Crippen LogP) is 7.95. The van der Waals surface area contributed by atoms with E-state index in [0.29, 0.717) is 49.6 Å². The second-order valence-corrected chi connectivity index (χ2v) is 9.61. The maximum atomic E-state index is 12.6. The summed E-state index contributed by atoms with van der Waals surface area (Å²) in [6.07, 6.45) is 0. The van der Waals surface area contributed by atoms with Crippen molar-refractivity contribution in [1.29, 1.82) is 0 Å². The van der Waals surface area contributed by atoms with Gasteiger partial charge in [0.2, 0.25) is 0 Å². The van der Waals surface area contributed by atoms with Crippen molar-refractivity contribution in [2.45, 2.75) is 26.4 Å². The number of carbonyl (C=O) groups excluding carboxylic acids is 1. The molecule has 0 fully saturated rings. The monoisotopic (exact) mass is 558 g/mol. The Morgan fingerprint density at radius 2 is 1.62 bits per heavy atom. The number of anilines is 1. The molecule has 10 heteroatoms. The Morgan fingerprint density at radius 1 is 0.973 bits per heavy atom. The number of nitrogens with one attached hydrogen (secondary N) is 1. The van der Waals surface area contributed by atoms with Crippen LogP contribution in [0.1, 0.15) is 51.8 Å². The molecule has 3 aromatic carbocycles. The third kappa shape index (κ3) is 5.91. The van der Waals surface area contributed by atoms with Gasteiger partial charge in [-0.05, 0) is 48.5 Å². The Hall–Kier alpha value is -3.52. The minimum absolute atomic E-state index is 0.0341. The summed E-state index contributed by atoms with van der Waals surface area (Å²) >= 11 is 19.2. The maximum absolute atomic E-state index is 12.6. The van der Waals surface area contributed by atoms with Crippen LogP contribution in [0, 0.1) is 0 Å². The Labute approximate surface area is 227 Å². The number of benzene rings is 3. The smallest absolute Gasteiger partial charge is 0.335 e. The van der Waals surface area contributed by atoms with Gasteiger partial charge in [0.15, 0.2) is 0 Å². The highest BCUT2D eigenvalue weighted by Gasteiger charge is 2.24. The van der Waals surface area contributed by atoms with Crippen LogP contribution in [0.2, 0.25) is 15.1 Å². The van der Waals surface area contributed by atoms with E-state index < -0.39 is 11.9 Å². The molecule has 0 aliphatic carbocycles. The zero-order valence-electron chi connectivity index (χ0n) is 19.7. The van der Waals surface area contributed by atoms with E-state index in [1.54, 1.807) is 36.4 Å². The quantitative estimate of drug-likeness (QED) is 0.227. The fourth-order valence-corrected chi connectivity index (χ4v) is 4.43. The van der Waals surface area contributed by atoms with Crippen LogP contribution >= 0.6 is 34.8 Å². The van der Waals surface area contributed by atoms with Gasteiger partial charge < -0.3 is 19.7 Å². The largest absolute Gasteiger partial charge is 0.489 e. The molecule has 0 aliphatic heterocycles. The third-order valence-electron chi connectivity index (χ3n) is 5.51. The van der Waals surface area contributed by atoms with Crippen molar-refractivity contribution in [1.82, 2.24) is 5.16 Å². The van der Waals surface area contributed by atoms with Gasteiger partial charge in [0.1, 0.15) is 23.8 Å². The number of carboxylic acid groups (broad SMARTS) is 1. The van der Waals surface area contributed by atoms with E-state index in [2.05, 4.69) is 10.5 Å². The lowest BCUT2D eigenvalue weighted by atomic mass is 10.0. The summed E-state index contributed by atoms with van der Waals surface area (Å²) < 4.78 is 11.6. The molecule has 0 spiro atoms. The predicted molar refractivity (Wildman–Crippen MR) is 143 cm³/mol. The molecule has 7 nitrogen and oxygen atoms in total. The molecule has 4 aromatic rings. The molecule has 1 amide bonds. The van der Waals surface area contributed by atoms with Gasteiger partial charge in [-0.15, -0.1) is 0 Å². The summed E-state index contributed by atoms with van der Waals surface area (Å²) in [5, 5.41) is 17.1. The van der Waals surface area contributed by atoms with E-state index in [4.69, 9.17) is 49.2 Å². The van der Waals surface area contributed by atoms with E-state index in [-0.39, 0.29) is 23.1 Å². The van der Waals surface area contributed by atoms with Crippen LogP contribution in [0.4, 0.5) is 5.69 Å². The number of hydrogen-bond acceptors (Lipinski definition) is 5. The Morgan fingerprint density at radius 3 is 2.22 bits per heavy atom. The average Bonchev–Trinajstić information content (AvgIpc) is 3.28. The van der Waals surface area contributed by atoms with Crippen LogP contribution in [0.15, 0.2) is 65.2 Å². The average molecular weight is 560 g/mol. The molecule has 0 saturated carbocycles. The van der Waals surface area contributed by atoms with Gasteiger partial charge in [0.05, 0.1) is 31.9 Å². The molecule has 4 rings (SSSR count). The molecule has 1 aromatic heterocycles. The minimum atomic E-state index is -1.07. The normalized spacial score (nSPS) is 11.0. The van der Waals surface area contributed by atoms with E-state index >= 15 is 0 Å². The second kappa shape index (κ2) is 11.3. The summed E-state index contributed by atoms with van der Waals surface area (Å²) in [7, 11) is 0. The SMILES string of the molecule is CC(C)c1onc(-c2c(Cl)cccc2Cl)c1COc1ccc(NC(=O)c2ccc(C(=O)O)cc2)c(Cl)c1. The summed E-state index contributed by atoms with van der Waals surface area (Å²) in [6.45, 7) is 4.07. The van der Waals surface area contributed by atoms with Crippen LogP contribution in [0.25, 0.3) is 11.3 Å². The van der Waals surface area contributed by atoms with Gasteiger partial charge >= 0.3 is 5.97 Å². The molecule has 0 atom stereocenters. The highest BCUT2D eigenvalue weighted by Crippen LogP contribution is 2.39. The number of hydrogen-bond donors (Lipinski definition) is 2. The molecule has 190 valence electrons. The first-order valence-electron chi connectivity index (χ1n) is 11.2. The molecule has 0 saturated heterocycles. The van der Waals surface area contributed by atoms with Gasteiger partial charge in [0, 0.05) is 23.1 Å². The lowest BCUT2D eigenvalue weighted by Gasteiger charge is -2.12. The van der Waals surface area contributed by atoms with Crippen molar-refractivity contribution in [3.8, 4) is 17.0 Å². The molecule has 0 aliphatic rings. The van der Waals surface area contributed by atoms with Crippen LogP contribution in [-0.2, 0) is 6.61 Å². The first-order valence-corrected chi connectivity index (χ1v) is 12.3. The molecular weight excluding hydrogens is 539 g/mol. The van der Waals surface area contributed by atoms with E-state index in [1.807, 2.05) is 13.8 Å². The molecule has 37 heavy (non-hydrogen) atoms. The van der Waals surface area contributed by atoms with Crippen LogP contribution in [0.5, 0.6) is 5.75 Å². The van der Waals surface area contributed by atoms with Crippen LogP contribution in [-0.4, -0.2) is 22.1 Å². The van der Waals surface area contributed by atoms with Gasteiger partial charge in [-0.2, -0.15) is 0 Å². The summed E-state index contributed by atoms with van der Waals surface area (Å²) in [5.74, 6) is -0.359. The molecule has 0 unspecified atom stereocenters. The first-order chi connectivity index (χ1) is 17.7. The van der Waals surface area contributed by atoms with Crippen molar-refractivity contribution < 1.29 is 24.0 Å². The van der Waals surface area contributed by atoms with E-state index in [0.717, 1.165) is 0 Å². The van der Waals surface area contributed by atoms with E-state index in [9.17, 15) is 9.59 Å². The summed E-state index contributed by atoms with van der Waals surface area (Å²) in [6, 6.07) is 15.6. The minimum Gasteiger partial charge on any atom is -0.489 e. The number of carbonyl (C=O) groups is 2. The topological polar surface area (TPSA) is 102 Å². The molecule has 0 radical (unpaired) electrons. The highest BCUT2D eigenvalue weighted by molar-refractivity contribution is 6.39. The number of halogens is 3. The number of amides is 1. The van der Waals surface area contributed by atoms with Gasteiger partial charge in [-0.3, -0.25) is 4.79 Å². The molecule has 2 N–H and O–H groups in total. The van der Waals surface area contributed by atoms with Crippen LogP contribution in [0.3, 0.4) is 0 Å². The Kier molecular flexibility index (Phi) is 8.07. The first kappa shape index (κ1) is 26.5. The maximum Gasteiger partial charge on any atom is 0.335 e. The van der Waals surface area contributed by atoms with Crippen LogP contribution < -0.4 is 10.1 Å². The standard InChI is InChI=1S/C27H21Cl3N2O5/c1-14(2)25-18(24(32-37-25)23-19(28)4-3-5-20(23)29)13-36-17-10-11-22(21(30)12-17)31-26(33)15-6-8-16(9-7-15)27(34)35/h3-12,14H,13H2,1-2H3,(H,31,33)(H,34,35). The van der Waals surface area contributed by atoms with Crippen molar-refractivity contribution in [3.63, 3.8) is 0 Å². The van der Waals surface area contributed by atoms with Gasteiger partial charge in [-0.25, -0.2) is 4.79 Å². The zero-order chi connectivity index (χ0) is 26.7. The number of ether oxygens (including phenoxy) is 1. The van der Waals surface area contributed by atoms with Crippen molar-refractivity contribution >= 4 is 52.4 Å². The summed E-state index contributed by atoms with van der Waals surface area (Å²) in [5.41, 5.74) is 2.53. The fraction of sp³-hybridized carbons (Fsp3) is 0.148. The van der Waals surface area contributed by atoms with Crippen molar-refractivity contribution in [2.75, 3.05) is 5.32 Å². The molecule has 1 heterocycles. The number of nitrogens with zero attached hydrogens (tertiary/aromatic N) is 1. The zero-order valence-corrected chi connectivity index (χ0v) is 22.0. The summed E-state index contributed by atoms with van der Waals surface area (Å²) in [4.78, 5) is 23.6. The lowest BCUT2D eigenvalue weighted by Crippen LogP contribution is -2.12. The number of aromatic carboxylic acids is 1. The second-order valence-electron chi connectivity index (χ2n) is 8.39. The fourth-order valence-electron chi connectivity index (χ4n) is 3.64. The number of carboxylic acids is 1. The van der Waals surface area contributed by atoms with Crippen molar-refractivity contribution in [2.24, 2.45) is 0 Å². The lowest BCUT2D eigenvalue weighted by molar-refractivity contribution is 0.0696. The number of aromatic nitrogens is 1. The number of rotatable bonds is 8. The third-order valence-corrected chi connectivity index (χ3v) is 6.45. The Bertz CT molecular complexity index is 1450. The highest BCUT2D eigenvalue weighted by atomic mass is 35.5. The van der Waals surface area contributed by atoms with Crippen molar-refractivity contribution in [3.05, 3.63) is 98.2 Å². The Balaban J connectivity index is 1.52. The van der Waals surface area contributed by atoms with Gasteiger partial charge in [0.25, 0.3) is 5.91 Å². The van der Waals surface area contributed by atoms with Gasteiger partial charge in [-0.1, -0.05) is 59.9 Å². The van der Waals surface area contributed by atoms with E-state index in [1.165, 1.54) is 24.3 Å². The molecular formula is C27H21Cl3N2O5.